The molecule has 1 heteroatoms. The lowest BCUT2D eigenvalue weighted by atomic mass is 9.75. The summed E-state index contributed by atoms with van der Waals surface area (Å²) >= 11 is 0. The SMILES string of the molecule is CC(C)[C@@H]1c2ccccc2CC[C@H]1O. The number of hydrogen-bond donors (Lipinski definition) is 1. The summed E-state index contributed by atoms with van der Waals surface area (Å²) in [6.45, 7) is 4.38. The Balaban J connectivity index is 2.41. The zero-order valence-corrected chi connectivity index (χ0v) is 8.90. The van der Waals surface area contributed by atoms with E-state index in [1.165, 1.54) is 11.1 Å². The van der Waals surface area contributed by atoms with Gasteiger partial charge in [-0.2, -0.15) is 0 Å². The predicted octanol–water partition coefficient (Wildman–Crippen LogP) is 2.73. The fourth-order valence-corrected chi connectivity index (χ4v) is 2.58. The van der Waals surface area contributed by atoms with Crippen molar-refractivity contribution in [2.45, 2.75) is 38.7 Å². The van der Waals surface area contributed by atoms with Crippen LogP contribution in [0.1, 0.15) is 37.3 Å². The van der Waals surface area contributed by atoms with Gasteiger partial charge in [0.15, 0.2) is 0 Å². The molecule has 1 nitrogen and oxygen atoms in total. The minimum atomic E-state index is -0.148. The highest BCUT2D eigenvalue weighted by Crippen LogP contribution is 2.36. The Bertz CT molecular complexity index is 317. The molecule has 0 spiro atoms. The minimum Gasteiger partial charge on any atom is -0.392 e. The van der Waals surface area contributed by atoms with Crippen LogP contribution in [0.15, 0.2) is 24.3 Å². The highest BCUT2D eigenvalue weighted by Gasteiger charge is 2.29. The van der Waals surface area contributed by atoms with Gasteiger partial charge in [-0.3, -0.25) is 0 Å². The molecule has 1 aromatic carbocycles. The molecular weight excluding hydrogens is 172 g/mol. The summed E-state index contributed by atoms with van der Waals surface area (Å²) in [6.07, 6.45) is 1.80. The molecule has 1 aliphatic carbocycles. The van der Waals surface area contributed by atoms with Crippen LogP contribution < -0.4 is 0 Å². The minimum absolute atomic E-state index is 0.148. The van der Waals surface area contributed by atoms with Crippen molar-refractivity contribution in [2.24, 2.45) is 5.92 Å². The van der Waals surface area contributed by atoms with Crippen LogP contribution in [0.4, 0.5) is 0 Å². The molecule has 1 aromatic rings. The zero-order chi connectivity index (χ0) is 10.1. The third-order valence-corrected chi connectivity index (χ3v) is 3.26. The first-order valence-electron chi connectivity index (χ1n) is 5.46. The molecule has 0 aromatic heterocycles. The molecule has 0 heterocycles. The molecule has 0 saturated carbocycles. The number of aliphatic hydroxyl groups excluding tert-OH is 1. The van der Waals surface area contributed by atoms with E-state index in [0.29, 0.717) is 11.8 Å². The van der Waals surface area contributed by atoms with Gasteiger partial charge in [0.25, 0.3) is 0 Å². The molecule has 14 heavy (non-hydrogen) atoms. The molecule has 76 valence electrons. The van der Waals surface area contributed by atoms with E-state index in [2.05, 4.69) is 38.1 Å². The maximum absolute atomic E-state index is 9.99. The maximum Gasteiger partial charge on any atom is 0.0614 e. The van der Waals surface area contributed by atoms with E-state index >= 15 is 0 Å². The third-order valence-electron chi connectivity index (χ3n) is 3.26. The van der Waals surface area contributed by atoms with Crippen molar-refractivity contribution in [3.05, 3.63) is 35.4 Å². The summed E-state index contributed by atoms with van der Waals surface area (Å²) in [6, 6.07) is 8.53. The van der Waals surface area contributed by atoms with Crippen LogP contribution in [0.5, 0.6) is 0 Å². The van der Waals surface area contributed by atoms with E-state index in [-0.39, 0.29) is 6.10 Å². The monoisotopic (exact) mass is 190 g/mol. The first-order valence-corrected chi connectivity index (χ1v) is 5.46. The standard InChI is InChI=1S/C13H18O/c1-9(2)13-11-6-4-3-5-10(11)7-8-12(13)14/h3-6,9,12-14H,7-8H2,1-2H3/t12-,13-/m1/s1. The molecule has 1 N–H and O–H groups in total. The van der Waals surface area contributed by atoms with Crippen molar-refractivity contribution < 1.29 is 5.11 Å². The van der Waals surface area contributed by atoms with Crippen molar-refractivity contribution in [3.63, 3.8) is 0 Å². The van der Waals surface area contributed by atoms with Crippen molar-refractivity contribution in [1.29, 1.82) is 0 Å². The van der Waals surface area contributed by atoms with Gasteiger partial charge in [0.05, 0.1) is 6.10 Å². The van der Waals surface area contributed by atoms with Crippen molar-refractivity contribution in [1.82, 2.24) is 0 Å². The first kappa shape index (κ1) is 9.72. The van der Waals surface area contributed by atoms with Crippen molar-refractivity contribution in [2.75, 3.05) is 0 Å². The number of fused-ring (bicyclic) bond motifs is 1. The highest BCUT2D eigenvalue weighted by molar-refractivity contribution is 5.34. The molecule has 2 atom stereocenters. The number of aliphatic hydroxyl groups is 1. The van der Waals surface area contributed by atoms with Crippen LogP contribution in [0.3, 0.4) is 0 Å². The van der Waals surface area contributed by atoms with E-state index < -0.39 is 0 Å². The first-order chi connectivity index (χ1) is 6.70. The van der Waals surface area contributed by atoms with Gasteiger partial charge < -0.3 is 5.11 Å². The molecule has 0 amide bonds. The lowest BCUT2D eigenvalue weighted by molar-refractivity contribution is 0.106. The van der Waals surface area contributed by atoms with E-state index in [1.54, 1.807) is 0 Å². The molecule has 0 bridgehead atoms. The van der Waals surface area contributed by atoms with E-state index in [0.717, 1.165) is 12.8 Å². The van der Waals surface area contributed by atoms with Gasteiger partial charge in [-0.15, -0.1) is 0 Å². The molecule has 0 aliphatic heterocycles. The predicted molar refractivity (Wildman–Crippen MR) is 58.3 cm³/mol. The normalized spacial score (nSPS) is 26.3. The highest BCUT2D eigenvalue weighted by atomic mass is 16.3. The van der Waals surface area contributed by atoms with Crippen molar-refractivity contribution in [3.8, 4) is 0 Å². The number of rotatable bonds is 1. The van der Waals surface area contributed by atoms with E-state index in [9.17, 15) is 5.11 Å². The fraction of sp³-hybridized carbons (Fsp3) is 0.538. The molecule has 0 saturated heterocycles. The third kappa shape index (κ3) is 1.57. The second-order valence-electron chi connectivity index (χ2n) is 4.57. The second-order valence-corrected chi connectivity index (χ2v) is 4.57. The lowest BCUT2D eigenvalue weighted by Gasteiger charge is -2.33. The van der Waals surface area contributed by atoms with Gasteiger partial charge in [-0.1, -0.05) is 38.1 Å². The largest absolute Gasteiger partial charge is 0.392 e. The Morgan fingerprint density at radius 1 is 1.29 bits per heavy atom. The van der Waals surface area contributed by atoms with Crippen LogP contribution in [-0.2, 0) is 6.42 Å². The molecule has 1 aliphatic rings. The lowest BCUT2D eigenvalue weighted by Crippen LogP contribution is -2.28. The van der Waals surface area contributed by atoms with Crippen LogP contribution in [0, 0.1) is 5.92 Å². The Morgan fingerprint density at radius 3 is 2.71 bits per heavy atom. The summed E-state index contributed by atoms with van der Waals surface area (Å²) in [4.78, 5) is 0. The zero-order valence-electron chi connectivity index (χ0n) is 8.90. The Morgan fingerprint density at radius 2 is 2.00 bits per heavy atom. The molecule has 0 fully saturated rings. The van der Waals surface area contributed by atoms with Crippen molar-refractivity contribution >= 4 is 0 Å². The Hall–Kier alpha value is -0.820. The molecule has 2 rings (SSSR count). The van der Waals surface area contributed by atoms with Gasteiger partial charge in [0.2, 0.25) is 0 Å². The number of hydrogen-bond acceptors (Lipinski definition) is 1. The second kappa shape index (κ2) is 3.74. The Labute approximate surface area is 85.8 Å². The summed E-state index contributed by atoms with van der Waals surface area (Å²) in [7, 11) is 0. The summed E-state index contributed by atoms with van der Waals surface area (Å²) in [5.74, 6) is 0.853. The topological polar surface area (TPSA) is 20.2 Å². The average Bonchev–Trinajstić information content (AvgIpc) is 2.17. The molecule has 0 unspecified atom stereocenters. The van der Waals surface area contributed by atoms with E-state index in [4.69, 9.17) is 0 Å². The van der Waals surface area contributed by atoms with Gasteiger partial charge in [-0.05, 0) is 29.9 Å². The molecular formula is C13H18O. The van der Waals surface area contributed by atoms with Gasteiger partial charge >= 0.3 is 0 Å². The van der Waals surface area contributed by atoms with Gasteiger partial charge in [0.1, 0.15) is 0 Å². The summed E-state index contributed by atoms with van der Waals surface area (Å²) < 4.78 is 0. The quantitative estimate of drug-likeness (QED) is 0.722. The smallest absolute Gasteiger partial charge is 0.0614 e. The van der Waals surface area contributed by atoms with Gasteiger partial charge in [-0.25, -0.2) is 0 Å². The fourth-order valence-electron chi connectivity index (χ4n) is 2.58. The summed E-state index contributed by atoms with van der Waals surface area (Å²) in [5.41, 5.74) is 2.79. The number of benzene rings is 1. The van der Waals surface area contributed by atoms with Crippen LogP contribution in [0.2, 0.25) is 0 Å². The van der Waals surface area contributed by atoms with Crippen LogP contribution >= 0.6 is 0 Å². The van der Waals surface area contributed by atoms with Gasteiger partial charge in [0, 0.05) is 5.92 Å². The van der Waals surface area contributed by atoms with Crippen LogP contribution in [-0.4, -0.2) is 11.2 Å². The Kier molecular flexibility index (Phi) is 2.60. The summed E-state index contributed by atoms with van der Waals surface area (Å²) in [5, 5.41) is 9.99. The van der Waals surface area contributed by atoms with E-state index in [1.807, 2.05) is 0 Å². The van der Waals surface area contributed by atoms with Crippen LogP contribution in [0.25, 0.3) is 0 Å². The average molecular weight is 190 g/mol. The molecule has 0 radical (unpaired) electrons. The maximum atomic E-state index is 9.99. The number of aryl methyl sites for hydroxylation is 1.